The molecule has 1 heterocycles. The van der Waals surface area contributed by atoms with E-state index >= 15 is 0 Å². The second-order valence-electron chi connectivity index (χ2n) is 7.07. The molecule has 1 aromatic heterocycles. The maximum atomic E-state index is 13.2. The second kappa shape index (κ2) is 9.25. The molecule has 0 bridgehead atoms. The summed E-state index contributed by atoms with van der Waals surface area (Å²) in [5, 5.41) is 7.01. The maximum Gasteiger partial charge on any atom is 0.416 e. The SMILES string of the molecule is CCOC(=O)[C@H](NC(=O)c1ccccc1)c1c(C)nn(-c2cccc(C(F)(F)F)c2)c1C. The average Bonchev–Trinajstić information content (AvgIpc) is 3.06. The Morgan fingerprint density at radius 2 is 1.78 bits per heavy atom. The van der Waals surface area contributed by atoms with Crippen molar-refractivity contribution < 1.29 is 27.5 Å². The Morgan fingerprint density at radius 1 is 1.09 bits per heavy atom. The average molecular weight is 445 g/mol. The molecule has 0 unspecified atom stereocenters. The molecule has 168 valence electrons. The Hall–Kier alpha value is -3.62. The highest BCUT2D eigenvalue weighted by molar-refractivity contribution is 5.97. The number of carbonyl (C=O) groups is 2. The molecule has 1 N–H and O–H groups in total. The van der Waals surface area contributed by atoms with Crippen LogP contribution in [0.3, 0.4) is 0 Å². The van der Waals surface area contributed by atoms with Gasteiger partial charge in [0, 0.05) is 16.8 Å². The van der Waals surface area contributed by atoms with Crippen LogP contribution < -0.4 is 5.32 Å². The number of hydrogen-bond acceptors (Lipinski definition) is 4. The van der Waals surface area contributed by atoms with Crippen molar-refractivity contribution in [3.63, 3.8) is 0 Å². The molecule has 0 fully saturated rings. The first-order valence-electron chi connectivity index (χ1n) is 9.89. The van der Waals surface area contributed by atoms with E-state index in [-0.39, 0.29) is 12.3 Å². The predicted octanol–water partition coefficient (Wildman–Crippen LogP) is 4.54. The fourth-order valence-corrected chi connectivity index (χ4v) is 3.42. The van der Waals surface area contributed by atoms with Gasteiger partial charge in [-0.3, -0.25) is 4.79 Å². The summed E-state index contributed by atoms with van der Waals surface area (Å²) in [4.78, 5) is 25.4. The fraction of sp³-hybridized carbons (Fsp3) is 0.261. The van der Waals surface area contributed by atoms with Crippen LogP contribution in [0.5, 0.6) is 0 Å². The molecule has 0 saturated heterocycles. The van der Waals surface area contributed by atoms with Crippen molar-refractivity contribution in [2.24, 2.45) is 0 Å². The van der Waals surface area contributed by atoms with Crippen LogP contribution in [-0.4, -0.2) is 28.3 Å². The van der Waals surface area contributed by atoms with Crippen molar-refractivity contribution in [2.75, 3.05) is 6.61 Å². The molecule has 0 aliphatic rings. The Bertz CT molecular complexity index is 1120. The highest BCUT2D eigenvalue weighted by Gasteiger charge is 2.33. The molecule has 0 radical (unpaired) electrons. The molecule has 0 aliphatic heterocycles. The summed E-state index contributed by atoms with van der Waals surface area (Å²) >= 11 is 0. The van der Waals surface area contributed by atoms with Crippen molar-refractivity contribution in [1.82, 2.24) is 15.1 Å². The number of aromatic nitrogens is 2. The van der Waals surface area contributed by atoms with Gasteiger partial charge >= 0.3 is 12.1 Å². The van der Waals surface area contributed by atoms with Gasteiger partial charge in [0.1, 0.15) is 0 Å². The predicted molar refractivity (Wildman–Crippen MR) is 111 cm³/mol. The number of carbonyl (C=O) groups excluding carboxylic acids is 2. The highest BCUT2D eigenvalue weighted by Crippen LogP contribution is 2.31. The largest absolute Gasteiger partial charge is 0.464 e. The number of hydrogen-bond donors (Lipinski definition) is 1. The quantitative estimate of drug-likeness (QED) is 0.566. The number of halogens is 3. The number of aryl methyl sites for hydroxylation is 1. The van der Waals surface area contributed by atoms with Crippen LogP contribution in [0.15, 0.2) is 54.6 Å². The van der Waals surface area contributed by atoms with Gasteiger partial charge in [-0.15, -0.1) is 0 Å². The van der Waals surface area contributed by atoms with Crippen LogP contribution in [-0.2, 0) is 15.7 Å². The normalized spacial score (nSPS) is 12.3. The first kappa shape index (κ1) is 23.1. The summed E-state index contributed by atoms with van der Waals surface area (Å²) in [5.41, 5.74) is 0.874. The zero-order valence-electron chi connectivity index (χ0n) is 17.7. The minimum absolute atomic E-state index is 0.0937. The minimum Gasteiger partial charge on any atom is -0.464 e. The molecule has 2 aromatic carbocycles. The van der Waals surface area contributed by atoms with E-state index in [0.717, 1.165) is 12.1 Å². The third kappa shape index (κ3) is 4.82. The molecule has 9 heteroatoms. The number of amides is 1. The van der Waals surface area contributed by atoms with Gasteiger partial charge in [0.15, 0.2) is 6.04 Å². The van der Waals surface area contributed by atoms with E-state index in [0.29, 0.717) is 22.5 Å². The first-order valence-corrected chi connectivity index (χ1v) is 9.89. The van der Waals surface area contributed by atoms with E-state index in [4.69, 9.17) is 4.74 Å². The van der Waals surface area contributed by atoms with E-state index < -0.39 is 29.7 Å². The second-order valence-corrected chi connectivity index (χ2v) is 7.07. The number of ether oxygens (including phenoxy) is 1. The molecule has 0 saturated carbocycles. The van der Waals surface area contributed by atoms with Crippen molar-refractivity contribution in [3.8, 4) is 5.69 Å². The summed E-state index contributed by atoms with van der Waals surface area (Å²) in [6, 6.07) is 11.9. The summed E-state index contributed by atoms with van der Waals surface area (Å²) < 4.78 is 45.9. The van der Waals surface area contributed by atoms with E-state index in [1.165, 1.54) is 16.8 Å². The molecule has 1 atom stereocenters. The maximum absolute atomic E-state index is 13.2. The van der Waals surface area contributed by atoms with Crippen LogP contribution >= 0.6 is 0 Å². The molecule has 32 heavy (non-hydrogen) atoms. The Kier molecular flexibility index (Phi) is 6.67. The summed E-state index contributed by atoms with van der Waals surface area (Å²) in [6.45, 7) is 4.97. The van der Waals surface area contributed by atoms with Gasteiger partial charge < -0.3 is 10.1 Å². The van der Waals surface area contributed by atoms with Crippen molar-refractivity contribution in [3.05, 3.63) is 82.7 Å². The van der Waals surface area contributed by atoms with Gasteiger partial charge in [-0.25, -0.2) is 9.48 Å². The lowest BCUT2D eigenvalue weighted by Gasteiger charge is -2.18. The monoisotopic (exact) mass is 445 g/mol. The molecule has 1 amide bonds. The van der Waals surface area contributed by atoms with Crippen molar-refractivity contribution >= 4 is 11.9 Å². The topological polar surface area (TPSA) is 73.2 Å². The number of alkyl halides is 3. The molecule has 3 rings (SSSR count). The molecule has 0 spiro atoms. The standard InChI is InChI=1S/C23H22F3N3O3/c1-4-32-22(31)20(27-21(30)16-9-6-5-7-10-16)19-14(2)28-29(15(19)3)18-12-8-11-17(13-18)23(24,25)26/h5-13,20H,4H2,1-3H3,(H,27,30)/t20-/m1/s1. The fourth-order valence-electron chi connectivity index (χ4n) is 3.42. The minimum atomic E-state index is -4.51. The Labute approximate surface area is 183 Å². The molecular weight excluding hydrogens is 423 g/mol. The van der Waals surface area contributed by atoms with Crippen LogP contribution in [0.25, 0.3) is 5.69 Å². The van der Waals surface area contributed by atoms with E-state index in [1.54, 1.807) is 51.1 Å². The van der Waals surface area contributed by atoms with Crippen molar-refractivity contribution in [2.45, 2.75) is 33.0 Å². The molecular formula is C23H22F3N3O3. The number of nitrogens with one attached hydrogen (secondary N) is 1. The van der Waals surface area contributed by atoms with Gasteiger partial charge in [-0.1, -0.05) is 24.3 Å². The lowest BCUT2D eigenvalue weighted by atomic mass is 10.0. The van der Waals surface area contributed by atoms with Gasteiger partial charge in [0.05, 0.1) is 23.6 Å². The lowest BCUT2D eigenvalue weighted by Crippen LogP contribution is -2.35. The van der Waals surface area contributed by atoms with Gasteiger partial charge in [0.2, 0.25) is 0 Å². The van der Waals surface area contributed by atoms with Crippen LogP contribution in [0.1, 0.15) is 45.8 Å². The smallest absolute Gasteiger partial charge is 0.416 e. The molecule has 3 aromatic rings. The van der Waals surface area contributed by atoms with Crippen LogP contribution in [0.4, 0.5) is 13.2 Å². The Morgan fingerprint density at radius 3 is 2.41 bits per heavy atom. The van der Waals surface area contributed by atoms with Gasteiger partial charge in [0.25, 0.3) is 5.91 Å². The third-order valence-electron chi connectivity index (χ3n) is 4.89. The van der Waals surface area contributed by atoms with Gasteiger partial charge in [-0.2, -0.15) is 18.3 Å². The third-order valence-corrected chi connectivity index (χ3v) is 4.89. The number of nitrogens with zero attached hydrogens (tertiary/aromatic N) is 2. The highest BCUT2D eigenvalue weighted by atomic mass is 19.4. The van der Waals surface area contributed by atoms with Gasteiger partial charge in [-0.05, 0) is 51.1 Å². The summed E-state index contributed by atoms with van der Waals surface area (Å²) in [6.07, 6.45) is -4.51. The zero-order valence-corrected chi connectivity index (χ0v) is 17.7. The van der Waals surface area contributed by atoms with Crippen LogP contribution in [0.2, 0.25) is 0 Å². The number of benzene rings is 2. The summed E-state index contributed by atoms with van der Waals surface area (Å²) in [7, 11) is 0. The first-order chi connectivity index (χ1) is 15.1. The Balaban J connectivity index is 2.04. The lowest BCUT2D eigenvalue weighted by molar-refractivity contribution is -0.145. The number of esters is 1. The van der Waals surface area contributed by atoms with E-state index in [1.807, 2.05) is 0 Å². The van der Waals surface area contributed by atoms with E-state index in [2.05, 4.69) is 10.4 Å². The number of rotatable bonds is 6. The molecule has 6 nitrogen and oxygen atoms in total. The van der Waals surface area contributed by atoms with Crippen molar-refractivity contribution in [1.29, 1.82) is 0 Å². The van der Waals surface area contributed by atoms with Crippen LogP contribution in [0, 0.1) is 13.8 Å². The molecule has 0 aliphatic carbocycles. The summed E-state index contributed by atoms with van der Waals surface area (Å²) in [5.74, 6) is -1.18. The van der Waals surface area contributed by atoms with E-state index in [9.17, 15) is 22.8 Å². The zero-order chi connectivity index (χ0) is 23.5.